The average molecular weight is 426 g/mol. The first-order valence-electron chi connectivity index (χ1n) is 8.69. The van der Waals surface area contributed by atoms with Crippen molar-refractivity contribution in [3.63, 3.8) is 0 Å². The standard InChI is InChI=1S/C20H21F3N2O3S/c1-13-7-8-14(11-16(13)20(21,22)23)25-19(27)15-5-3-4-6-17(15)29-12-18(26)24-9-10-28-2/h3-8,11H,9-10,12H2,1-2H3,(H,24,26)(H,25,27). The van der Waals surface area contributed by atoms with Crippen LogP contribution in [0, 0.1) is 6.92 Å². The molecule has 0 heterocycles. The highest BCUT2D eigenvalue weighted by molar-refractivity contribution is 8.00. The molecule has 0 atom stereocenters. The molecule has 2 N–H and O–H groups in total. The van der Waals surface area contributed by atoms with Gasteiger partial charge in [0.05, 0.1) is 23.5 Å². The number of amides is 2. The van der Waals surface area contributed by atoms with Crippen molar-refractivity contribution >= 4 is 29.3 Å². The number of rotatable bonds is 8. The van der Waals surface area contributed by atoms with Crippen LogP contribution < -0.4 is 10.6 Å². The van der Waals surface area contributed by atoms with Crippen LogP contribution in [0.5, 0.6) is 0 Å². The Balaban J connectivity index is 2.09. The molecule has 29 heavy (non-hydrogen) atoms. The Hall–Kier alpha value is -2.52. The minimum Gasteiger partial charge on any atom is -0.383 e. The Bertz CT molecular complexity index is 872. The topological polar surface area (TPSA) is 67.4 Å². The Morgan fingerprint density at radius 3 is 2.55 bits per heavy atom. The van der Waals surface area contributed by atoms with Crippen molar-refractivity contribution in [2.45, 2.75) is 18.0 Å². The maximum absolute atomic E-state index is 13.1. The third-order valence-electron chi connectivity index (χ3n) is 3.92. The van der Waals surface area contributed by atoms with Gasteiger partial charge in [-0.1, -0.05) is 18.2 Å². The third kappa shape index (κ3) is 6.79. The van der Waals surface area contributed by atoms with Crippen LogP contribution >= 0.6 is 11.8 Å². The zero-order valence-corrected chi connectivity index (χ0v) is 16.7. The summed E-state index contributed by atoms with van der Waals surface area (Å²) in [5.74, 6) is -0.669. The zero-order valence-electron chi connectivity index (χ0n) is 15.9. The molecule has 2 aromatic carbocycles. The predicted molar refractivity (Wildman–Crippen MR) is 106 cm³/mol. The van der Waals surface area contributed by atoms with Gasteiger partial charge in [0.15, 0.2) is 0 Å². The number of aryl methyl sites for hydroxylation is 1. The molecule has 0 aromatic heterocycles. The summed E-state index contributed by atoms with van der Waals surface area (Å²) in [7, 11) is 1.53. The van der Waals surface area contributed by atoms with Crippen molar-refractivity contribution in [1.29, 1.82) is 0 Å². The Morgan fingerprint density at radius 1 is 1.14 bits per heavy atom. The van der Waals surface area contributed by atoms with E-state index in [1.165, 1.54) is 37.9 Å². The van der Waals surface area contributed by atoms with Gasteiger partial charge >= 0.3 is 6.18 Å². The van der Waals surface area contributed by atoms with E-state index in [1.54, 1.807) is 24.3 Å². The lowest BCUT2D eigenvalue weighted by Crippen LogP contribution is -2.28. The summed E-state index contributed by atoms with van der Waals surface area (Å²) in [5.41, 5.74) is -0.405. The Labute approximate surface area is 171 Å². The van der Waals surface area contributed by atoms with Crippen LogP contribution in [0.2, 0.25) is 0 Å². The number of nitrogens with one attached hydrogen (secondary N) is 2. The molecule has 0 spiro atoms. The highest BCUT2D eigenvalue weighted by atomic mass is 32.2. The van der Waals surface area contributed by atoms with Gasteiger partial charge in [-0.3, -0.25) is 9.59 Å². The minimum atomic E-state index is -4.51. The van der Waals surface area contributed by atoms with Crippen LogP contribution in [-0.4, -0.2) is 37.8 Å². The number of anilines is 1. The fourth-order valence-corrected chi connectivity index (χ4v) is 3.35. The molecule has 156 valence electrons. The summed E-state index contributed by atoms with van der Waals surface area (Å²) in [6.45, 7) is 2.14. The van der Waals surface area contributed by atoms with E-state index in [-0.39, 0.29) is 28.5 Å². The summed E-state index contributed by atoms with van der Waals surface area (Å²) in [6, 6.07) is 10.2. The highest BCUT2D eigenvalue weighted by Crippen LogP contribution is 2.33. The van der Waals surface area contributed by atoms with E-state index in [0.717, 1.165) is 6.07 Å². The lowest BCUT2D eigenvalue weighted by molar-refractivity contribution is -0.138. The number of hydrogen-bond acceptors (Lipinski definition) is 4. The number of ether oxygens (including phenoxy) is 1. The van der Waals surface area contributed by atoms with Gasteiger partial charge in [0.2, 0.25) is 5.91 Å². The normalized spacial score (nSPS) is 11.2. The molecule has 0 unspecified atom stereocenters. The van der Waals surface area contributed by atoms with Gasteiger partial charge < -0.3 is 15.4 Å². The molecule has 0 fully saturated rings. The van der Waals surface area contributed by atoms with Crippen LogP contribution in [-0.2, 0) is 15.7 Å². The molecule has 2 amide bonds. The van der Waals surface area contributed by atoms with Crippen LogP contribution in [0.4, 0.5) is 18.9 Å². The predicted octanol–water partition coefficient (Wildman–Crippen LogP) is 4.12. The van der Waals surface area contributed by atoms with Gasteiger partial charge in [-0.25, -0.2) is 0 Å². The van der Waals surface area contributed by atoms with E-state index in [4.69, 9.17) is 4.74 Å². The number of hydrogen-bond donors (Lipinski definition) is 2. The lowest BCUT2D eigenvalue weighted by atomic mass is 10.1. The number of carbonyl (C=O) groups is 2. The smallest absolute Gasteiger partial charge is 0.383 e. The molecule has 0 saturated heterocycles. The molecule has 2 rings (SSSR count). The van der Waals surface area contributed by atoms with E-state index >= 15 is 0 Å². The van der Waals surface area contributed by atoms with E-state index in [9.17, 15) is 22.8 Å². The first-order valence-corrected chi connectivity index (χ1v) is 9.67. The third-order valence-corrected chi connectivity index (χ3v) is 4.99. The second kappa shape index (κ2) is 10.3. The molecule has 0 radical (unpaired) electrons. The van der Waals surface area contributed by atoms with Gasteiger partial charge in [-0.05, 0) is 36.8 Å². The quantitative estimate of drug-likeness (QED) is 0.492. The van der Waals surface area contributed by atoms with Crippen molar-refractivity contribution in [2.75, 3.05) is 31.3 Å². The highest BCUT2D eigenvalue weighted by Gasteiger charge is 2.32. The average Bonchev–Trinajstić information content (AvgIpc) is 2.67. The van der Waals surface area contributed by atoms with Crippen molar-refractivity contribution in [3.8, 4) is 0 Å². The number of benzene rings is 2. The fraction of sp³-hybridized carbons (Fsp3) is 0.300. The molecular weight excluding hydrogens is 405 g/mol. The van der Waals surface area contributed by atoms with Crippen LogP contribution in [0.1, 0.15) is 21.5 Å². The maximum atomic E-state index is 13.1. The molecule has 9 heteroatoms. The van der Waals surface area contributed by atoms with E-state index in [0.29, 0.717) is 18.0 Å². The van der Waals surface area contributed by atoms with Crippen molar-refractivity contribution in [3.05, 3.63) is 59.2 Å². The number of carbonyl (C=O) groups excluding carboxylic acids is 2. The van der Waals surface area contributed by atoms with Gasteiger partial charge in [0.25, 0.3) is 5.91 Å². The van der Waals surface area contributed by atoms with Crippen LogP contribution in [0.15, 0.2) is 47.4 Å². The molecule has 0 aliphatic rings. The SMILES string of the molecule is COCCNC(=O)CSc1ccccc1C(=O)Nc1ccc(C)c(C(F)(F)F)c1. The summed E-state index contributed by atoms with van der Waals surface area (Å²) < 4.78 is 44.1. The van der Waals surface area contributed by atoms with E-state index in [1.807, 2.05) is 0 Å². The summed E-state index contributed by atoms with van der Waals surface area (Å²) in [6.07, 6.45) is -4.51. The largest absolute Gasteiger partial charge is 0.416 e. The Morgan fingerprint density at radius 2 is 1.86 bits per heavy atom. The van der Waals surface area contributed by atoms with Gasteiger partial charge in [0, 0.05) is 24.2 Å². The number of halogens is 3. The summed E-state index contributed by atoms with van der Waals surface area (Å²) in [5, 5.41) is 5.17. The molecular formula is C20H21F3N2O3S. The number of thioether (sulfide) groups is 1. The fourth-order valence-electron chi connectivity index (χ4n) is 2.47. The zero-order chi connectivity index (χ0) is 21.4. The number of methoxy groups -OCH3 is 1. The second-order valence-electron chi connectivity index (χ2n) is 6.11. The second-order valence-corrected chi connectivity index (χ2v) is 7.13. The van der Waals surface area contributed by atoms with Crippen molar-refractivity contribution in [2.24, 2.45) is 0 Å². The molecule has 2 aromatic rings. The van der Waals surface area contributed by atoms with Crippen LogP contribution in [0.25, 0.3) is 0 Å². The molecule has 0 saturated carbocycles. The first kappa shape index (κ1) is 22.8. The van der Waals surface area contributed by atoms with E-state index in [2.05, 4.69) is 10.6 Å². The van der Waals surface area contributed by atoms with Crippen molar-refractivity contribution in [1.82, 2.24) is 5.32 Å². The van der Waals surface area contributed by atoms with Gasteiger partial charge in [0.1, 0.15) is 0 Å². The summed E-state index contributed by atoms with van der Waals surface area (Å²) >= 11 is 1.17. The Kier molecular flexibility index (Phi) is 8.10. The molecule has 0 aliphatic carbocycles. The molecule has 0 bridgehead atoms. The van der Waals surface area contributed by atoms with Crippen molar-refractivity contribution < 1.29 is 27.5 Å². The van der Waals surface area contributed by atoms with E-state index < -0.39 is 17.6 Å². The minimum absolute atomic E-state index is 0.0463. The molecule has 5 nitrogen and oxygen atoms in total. The molecule has 0 aliphatic heterocycles. The number of alkyl halides is 3. The van der Waals surface area contributed by atoms with Gasteiger partial charge in [-0.2, -0.15) is 13.2 Å². The summed E-state index contributed by atoms with van der Waals surface area (Å²) in [4.78, 5) is 25.0. The monoisotopic (exact) mass is 426 g/mol. The first-order chi connectivity index (χ1) is 13.7. The van der Waals surface area contributed by atoms with Gasteiger partial charge in [-0.15, -0.1) is 11.8 Å². The van der Waals surface area contributed by atoms with Crippen LogP contribution in [0.3, 0.4) is 0 Å². The maximum Gasteiger partial charge on any atom is 0.416 e. The lowest BCUT2D eigenvalue weighted by Gasteiger charge is -2.14.